The molecule has 4 nitrogen and oxygen atoms in total. The number of imidazole rings is 1. The van der Waals surface area contributed by atoms with Gasteiger partial charge in [-0.15, -0.1) is 0 Å². The standard InChI is InChI=1S/C16H17ClN4/c1-2-15-20-14-7-13(17)9-19-16(14)21(15)10-12-5-3-11(8-18)4-6-12/h3-7,9H,2,8,10,18H2,1H3. The molecule has 0 fully saturated rings. The summed E-state index contributed by atoms with van der Waals surface area (Å²) in [4.78, 5) is 9.05. The van der Waals surface area contributed by atoms with Crippen LogP contribution in [0, 0.1) is 0 Å². The number of aryl methyl sites for hydroxylation is 1. The Morgan fingerprint density at radius 3 is 2.57 bits per heavy atom. The molecule has 0 spiro atoms. The van der Waals surface area contributed by atoms with E-state index in [4.69, 9.17) is 17.3 Å². The highest BCUT2D eigenvalue weighted by molar-refractivity contribution is 6.31. The Balaban J connectivity index is 2.01. The number of fused-ring (bicyclic) bond motifs is 1. The second kappa shape index (κ2) is 5.84. The van der Waals surface area contributed by atoms with Gasteiger partial charge < -0.3 is 10.3 Å². The zero-order valence-corrected chi connectivity index (χ0v) is 12.6. The van der Waals surface area contributed by atoms with Crippen LogP contribution in [0.4, 0.5) is 0 Å². The van der Waals surface area contributed by atoms with Gasteiger partial charge in [-0.25, -0.2) is 9.97 Å². The number of halogens is 1. The van der Waals surface area contributed by atoms with E-state index in [1.807, 2.05) is 6.07 Å². The van der Waals surface area contributed by atoms with E-state index in [0.29, 0.717) is 11.6 Å². The minimum Gasteiger partial charge on any atom is -0.326 e. The van der Waals surface area contributed by atoms with Gasteiger partial charge in [-0.1, -0.05) is 42.8 Å². The van der Waals surface area contributed by atoms with Gasteiger partial charge in [0.1, 0.15) is 11.3 Å². The van der Waals surface area contributed by atoms with Crippen molar-refractivity contribution in [1.82, 2.24) is 14.5 Å². The van der Waals surface area contributed by atoms with Gasteiger partial charge in [-0.3, -0.25) is 0 Å². The summed E-state index contributed by atoms with van der Waals surface area (Å²) in [6, 6.07) is 10.2. The Bertz CT molecular complexity index is 762. The highest BCUT2D eigenvalue weighted by Crippen LogP contribution is 2.20. The van der Waals surface area contributed by atoms with Crippen molar-refractivity contribution in [2.24, 2.45) is 5.73 Å². The number of hydrogen-bond acceptors (Lipinski definition) is 3. The quantitative estimate of drug-likeness (QED) is 0.805. The summed E-state index contributed by atoms with van der Waals surface area (Å²) < 4.78 is 2.14. The maximum Gasteiger partial charge on any atom is 0.160 e. The third-order valence-electron chi connectivity index (χ3n) is 3.55. The number of aromatic nitrogens is 3. The molecule has 0 radical (unpaired) electrons. The van der Waals surface area contributed by atoms with Crippen molar-refractivity contribution in [3.63, 3.8) is 0 Å². The number of benzene rings is 1. The van der Waals surface area contributed by atoms with Crippen molar-refractivity contribution in [3.05, 3.63) is 58.5 Å². The van der Waals surface area contributed by atoms with Gasteiger partial charge in [0.25, 0.3) is 0 Å². The summed E-state index contributed by atoms with van der Waals surface area (Å²) >= 11 is 5.99. The molecule has 108 valence electrons. The van der Waals surface area contributed by atoms with Crippen LogP contribution in [0.2, 0.25) is 5.02 Å². The van der Waals surface area contributed by atoms with Gasteiger partial charge in [-0.05, 0) is 17.2 Å². The predicted octanol–water partition coefficient (Wildman–Crippen LogP) is 3.15. The molecule has 0 saturated carbocycles. The number of pyridine rings is 1. The fourth-order valence-electron chi connectivity index (χ4n) is 2.43. The van der Waals surface area contributed by atoms with Gasteiger partial charge in [-0.2, -0.15) is 0 Å². The minimum absolute atomic E-state index is 0.564. The fraction of sp³-hybridized carbons (Fsp3) is 0.250. The molecule has 2 N–H and O–H groups in total. The van der Waals surface area contributed by atoms with Gasteiger partial charge in [0.15, 0.2) is 5.65 Å². The van der Waals surface area contributed by atoms with Crippen LogP contribution in [0.3, 0.4) is 0 Å². The van der Waals surface area contributed by atoms with E-state index >= 15 is 0 Å². The van der Waals surface area contributed by atoms with E-state index in [1.165, 1.54) is 5.56 Å². The van der Waals surface area contributed by atoms with E-state index in [1.54, 1.807) is 6.20 Å². The Hall–Kier alpha value is -1.91. The van der Waals surface area contributed by atoms with Gasteiger partial charge >= 0.3 is 0 Å². The third-order valence-corrected chi connectivity index (χ3v) is 3.75. The molecule has 0 aliphatic carbocycles. The second-order valence-electron chi connectivity index (χ2n) is 4.98. The SMILES string of the molecule is CCc1nc2cc(Cl)cnc2n1Cc1ccc(CN)cc1. The number of nitrogens with zero attached hydrogens (tertiary/aromatic N) is 3. The molecule has 2 heterocycles. The van der Waals surface area contributed by atoms with Crippen LogP contribution in [0.25, 0.3) is 11.2 Å². The maximum atomic E-state index is 5.99. The highest BCUT2D eigenvalue weighted by atomic mass is 35.5. The second-order valence-corrected chi connectivity index (χ2v) is 5.42. The molecule has 2 aromatic heterocycles. The average molecular weight is 301 g/mol. The lowest BCUT2D eigenvalue weighted by Crippen LogP contribution is -2.05. The fourth-order valence-corrected chi connectivity index (χ4v) is 2.58. The van der Waals surface area contributed by atoms with Crippen molar-refractivity contribution in [2.45, 2.75) is 26.4 Å². The van der Waals surface area contributed by atoms with Crippen molar-refractivity contribution in [3.8, 4) is 0 Å². The molecule has 0 saturated heterocycles. The lowest BCUT2D eigenvalue weighted by atomic mass is 10.1. The van der Waals surface area contributed by atoms with E-state index in [0.717, 1.165) is 35.5 Å². The lowest BCUT2D eigenvalue weighted by Gasteiger charge is -2.08. The van der Waals surface area contributed by atoms with Gasteiger partial charge in [0.05, 0.1) is 11.6 Å². The smallest absolute Gasteiger partial charge is 0.160 e. The summed E-state index contributed by atoms with van der Waals surface area (Å²) in [5.74, 6) is 1.02. The minimum atomic E-state index is 0.564. The first-order chi connectivity index (χ1) is 10.2. The summed E-state index contributed by atoms with van der Waals surface area (Å²) in [5, 5.41) is 0.613. The summed E-state index contributed by atoms with van der Waals surface area (Å²) in [6.45, 7) is 3.41. The molecule has 0 bridgehead atoms. The summed E-state index contributed by atoms with van der Waals surface area (Å²) in [5.41, 5.74) is 9.69. The first kappa shape index (κ1) is 14.0. The molecule has 0 aliphatic heterocycles. The molecule has 0 atom stereocenters. The monoisotopic (exact) mass is 300 g/mol. The Morgan fingerprint density at radius 2 is 1.90 bits per heavy atom. The summed E-state index contributed by atoms with van der Waals surface area (Å²) in [6.07, 6.45) is 2.52. The Kier molecular flexibility index (Phi) is 3.90. The van der Waals surface area contributed by atoms with E-state index in [9.17, 15) is 0 Å². The highest BCUT2D eigenvalue weighted by Gasteiger charge is 2.11. The molecule has 3 aromatic rings. The molecular formula is C16H17ClN4. The maximum absolute atomic E-state index is 5.99. The van der Waals surface area contributed by atoms with Crippen LogP contribution in [0.15, 0.2) is 36.5 Å². The number of rotatable bonds is 4. The van der Waals surface area contributed by atoms with Gasteiger partial charge in [0, 0.05) is 19.2 Å². The van der Waals surface area contributed by atoms with E-state index in [-0.39, 0.29) is 0 Å². The molecule has 21 heavy (non-hydrogen) atoms. The first-order valence-electron chi connectivity index (χ1n) is 6.99. The van der Waals surface area contributed by atoms with Crippen molar-refractivity contribution in [2.75, 3.05) is 0 Å². The number of hydrogen-bond donors (Lipinski definition) is 1. The normalized spacial score (nSPS) is 11.2. The van der Waals surface area contributed by atoms with Crippen molar-refractivity contribution < 1.29 is 0 Å². The first-order valence-corrected chi connectivity index (χ1v) is 7.37. The third kappa shape index (κ3) is 2.77. The molecular weight excluding hydrogens is 284 g/mol. The molecule has 0 amide bonds. The van der Waals surface area contributed by atoms with Crippen molar-refractivity contribution >= 4 is 22.8 Å². The zero-order valence-electron chi connectivity index (χ0n) is 11.9. The summed E-state index contributed by atoms with van der Waals surface area (Å²) in [7, 11) is 0. The molecule has 0 unspecified atom stereocenters. The Morgan fingerprint density at radius 1 is 1.19 bits per heavy atom. The predicted molar refractivity (Wildman–Crippen MR) is 85.4 cm³/mol. The Labute approximate surface area is 128 Å². The largest absolute Gasteiger partial charge is 0.326 e. The van der Waals surface area contributed by atoms with Crippen LogP contribution in [0.5, 0.6) is 0 Å². The average Bonchev–Trinajstić information content (AvgIpc) is 2.85. The molecule has 5 heteroatoms. The van der Waals surface area contributed by atoms with Crippen LogP contribution in [0.1, 0.15) is 23.9 Å². The van der Waals surface area contributed by atoms with Crippen LogP contribution >= 0.6 is 11.6 Å². The van der Waals surface area contributed by atoms with Crippen molar-refractivity contribution in [1.29, 1.82) is 0 Å². The van der Waals surface area contributed by atoms with E-state index < -0.39 is 0 Å². The van der Waals surface area contributed by atoms with E-state index in [2.05, 4.69) is 45.7 Å². The molecule has 3 rings (SSSR count). The number of nitrogens with two attached hydrogens (primary N) is 1. The topological polar surface area (TPSA) is 56.7 Å². The van der Waals surface area contributed by atoms with Crippen LogP contribution < -0.4 is 5.73 Å². The van der Waals surface area contributed by atoms with Crippen LogP contribution in [-0.2, 0) is 19.5 Å². The lowest BCUT2D eigenvalue weighted by molar-refractivity contribution is 0.746. The van der Waals surface area contributed by atoms with Crippen LogP contribution in [-0.4, -0.2) is 14.5 Å². The molecule has 0 aliphatic rings. The molecule has 1 aromatic carbocycles. The van der Waals surface area contributed by atoms with Gasteiger partial charge in [0.2, 0.25) is 0 Å². The zero-order chi connectivity index (χ0) is 14.8.